The van der Waals surface area contributed by atoms with Crippen molar-refractivity contribution in [2.24, 2.45) is 5.14 Å². The van der Waals surface area contributed by atoms with Crippen LogP contribution in [0.25, 0.3) is 5.69 Å². The van der Waals surface area contributed by atoms with E-state index in [9.17, 15) is 4.21 Å². The second kappa shape index (κ2) is 6.30. The quantitative estimate of drug-likeness (QED) is 0.915. The number of halogens is 1. The molecule has 0 aliphatic rings. The Kier molecular flexibility index (Phi) is 4.86. The molecule has 1 aromatic carbocycles. The molecule has 2 N–H and O–H groups in total. The van der Waals surface area contributed by atoms with Gasteiger partial charge in [-0.1, -0.05) is 18.5 Å². The summed E-state index contributed by atoms with van der Waals surface area (Å²) in [4.78, 5) is 4.45. The first-order valence-corrected chi connectivity index (χ1v) is 8.35. The average Bonchev–Trinajstić information content (AvgIpc) is 2.88. The van der Waals surface area contributed by atoms with Gasteiger partial charge >= 0.3 is 0 Å². The zero-order chi connectivity index (χ0) is 15.6. The van der Waals surface area contributed by atoms with Gasteiger partial charge in [0, 0.05) is 22.8 Å². The van der Waals surface area contributed by atoms with Gasteiger partial charge in [0.1, 0.15) is 0 Å². The van der Waals surface area contributed by atoms with E-state index in [4.69, 9.17) is 16.7 Å². The van der Waals surface area contributed by atoms with Crippen LogP contribution in [0.4, 0.5) is 0 Å². The fourth-order valence-electron chi connectivity index (χ4n) is 2.27. The Labute approximate surface area is 132 Å². The van der Waals surface area contributed by atoms with Gasteiger partial charge in [-0.05, 0) is 44.5 Å². The molecule has 0 bridgehead atoms. The molecule has 114 valence electrons. The number of imidazole rings is 1. The Bertz CT molecular complexity index is 637. The van der Waals surface area contributed by atoms with Crippen molar-refractivity contribution >= 4 is 22.6 Å². The van der Waals surface area contributed by atoms with Crippen LogP contribution in [0.5, 0.6) is 0 Å². The molecular formula is C15H20ClN3OS. The van der Waals surface area contributed by atoms with E-state index in [1.807, 2.05) is 48.9 Å². The van der Waals surface area contributed by atoms with Crippen LogP contribution in [0.3, 0.4) is 0 Å². The van der Waals surface area contributed by atoms with Crippen LogP contribution >= 0.6 is 11.6 Å². The number of hydrogen-bond donors (Lipinski definition) is 1. The summed E-state index contributed by atoms with van der Waals surface area (Å²) < 4.78 is 13.1. The summed E-state index contributed by atoms with van der Waals surface area (Å²) in [6.45, 7) is 5.90. The van der Waals surface area contributed by atoms with E-state index in [-0.39, 0.29) is 5.92 Å². The smallest absolute Gasteiger partial charge is 0.0995 e. The lowest BCUT2D eigenvalue weighted by Crippen LogP contribution is -2.33. The lowest BCUT2D eigenvalue weighted by atomic mass is 9.96. The zero-order valence-corrected chi connectivity index (χ0v) is 14.0. The minimum atomic E-state index is -1.35. The van der Waals surface area contributed by atoms with Gasteiger partial charge in [0.05, 0.1) is 27.8 Å². The van der Waals surface area contributed by atoms with Gasteiger partial charge in [-0.2, -0.15) is 0 Å². The maximum absolute atomic E-state index is 11.5. The van der Waals surface area contributed by atoms with Crippen molar-refractivity contribution in [2.45, 2.75) is 37.9 Å². The number of hydrogen-bond acceptors (Lipinski definition) is 2. The first-order valence-electron chi connectivity index (χ1n) is 6.76. The topological polar surface area (TPSA) is 60.9 Å². The molecule has 0 spiro atoms. The first kappa shape index (κ1) is 16.2. The Morgan fingerprint density at radius 1 is 1.38 bits per heavy atom. The second-order valence-electron chi connectivity index (χ2n) is 5.84. The number of aromatic nitrogens is 2. The summed E-state index contributed by atoms with van der Waals surface area (Å²) in [7, 11) is -1.35. The number of nitrogens with two attached hydrogens (primary N) is 1. The summed E-state index contributed by atoms with van der Waals surface area (Å²) in [5.74, 6) is 0.182. The molecule has 1 heterocycles. The molecule has 6 heteroatoms. The summed E-state index contributed by atoms with van der Waals surface area (Å²) in [6.07, 6.45) is 4.48. The molecule has 2 aromatic rings. The molecule has 2 rings (SSSR count). The lowest BCUT2D eigenvalue weighted by Gasteiger charge is -2.24. The number of rotatable bonds is 5. The molecule has 4 nitrogen and oxygen atoms in total. The van der Waals surface area contributed by atoms with E-state index in [1.54, 1.807) is 6.33 Å². The fraction of sp³-hybridized carbons (Fsp3) is 0.400. The van der Waals surface area contributed by atoms with E-state index in [1.165, 1.54) is 0 Å². The second-order valence-corrected chi connectivity index (χ2v) is 7.98. The highest BCUT2D eigenvalue weighted by atomic mass is 35.5. The van der Waals surface area contributed by atoms with Crippen molar-refractivity contribution in [3.8, 4) is 5.69 Å². The molecule has 0 radical (unpaired) electrons. The van der Waals surface area contributed by atoms with Crippen molar-refractivity contribution in [3.05, 3.63) is 47.5 Å². The highest BCUT2D eigenvalue weighted by molar-refractivity contribution is 7.84. The van der Waals surface area contributed by atoms with Gasteiger partial charge in [-0.3, -0.25) is 5.14 Å². The summed E-state index contributed by atoms with van der Waals surface area (Å²) in [6, 6.07) is 7.58. The lowest BCUT2D eigenvalue weighted by molar-refractivity contribution is 0.534. The maximum atomic E-state index is 11.5. The van der Waals surface area contributed by atoms with E-state index in [0.29, 0.717) is 11.4 Å². The van der Waals surface area contributed by atoms with Crippen molar-refractivity contribution in [2.75, 3.05) is 0 Å². The third kappa shape index (κ3) is 3.93. The van der Waals surface area contributed by atoms with Crippen LogP contribution in [0.15, 0.2) is 36.8 Å². The standard InChI is InChI=1S/C15H20ClN3OS/c1-11(8-15(2,3)21(17)20)14-9-19(10-18-14)13-6-4-12(16)5-7-13/h4-7,9-11H,8,17H2,1-3H3/t11-,21?/m0/s1. The Hall–Kier alpha value is -1.17. The number of benzene rings is 1. The molecule has 1 unspecified atom stereocenters. The summed E-state index contributed by atoms with van der Waals surface area (Å²) in [5, 5.41) is 6.25. The SMILES string of the molecule is C[C@@H](CC(C)(C)S(N)=O)c1cn(-c2ccc(Cl)cc2)cn1. The molecule has 0 aliphatic carbocycles. The van der Waals surface area contributed by atoms with Gasteiger partial charge in [-0.15, -0.1) is 0 Å². The van der Waals surface area contributed by atoms with Crippen molar-refractivity contribution < 1.29 is 4.21 Å². The maximum Gasteiger partial charge on any atom is 0.0995 e. The van der Waals surface area contributed by atoms with Crippen molar-refractivity contribution in [1.29, 1.82) is 0 Å². The fourth-order valence-corrected chi connectivity index (χ4v) is 2.81. The van der Waals surface area contributed by atoms with Crippen molar-refractivity contribution in [3.63, 3.8) is 0 Å². The van der Waals surface area contributed by atoms with Crippen LogP contribution in [-0.4, -0.2) is 18.5 Å². The molecule has 0 amide bonds. The summed E-state index contributed by atoms with van der Waals surface area (Å²) in [5.41, 5.74) is 1.97. The monoisotopic (exact) mass is 325 g/mol. The van der Waals surface area contributed by atoms with Gasteiger partial charge in [0.2, 0.25) is 0 Å². The van der Waals surface area contributed by atoms with Crippen molar-refractivity contribution in [1.82, 2.24) is 9.55 Å². The number of nitrogens with zero attached hydrogens (tertiary/aromatic N) is 2. The highest BCUT2D eigenvalue weighted by Gasteiger charge is 2.27. The highest BCUT2D eigenvalue weighted by Crippen LogP contribution is 2.28. The minimum Gasteiger partial charge on any atom is -0.306 e. The predicted molar refractivity (Wildman–Crippen MR) is 88.0 cm³/mol. The molecule has 0 aliphatic heterocycles. The predicted octanol–water partition coefficient (Wildman–Crippen LogP) is 3.42. The van der Waals surface area contributed by atoms with Crippen LogP contribution in [0.1, 0.15) is 38.8 Å². The minimum absolute atomic E-state index is 0.182. The Morgan fingerprint density at radius 3 is 2.57 bits per heavy atom. The molecular weight excluding hydrogens is 306 g/mol. The van der Waals surface area contributed by atoms with E-state index in [0.717, 1.165) is 11.4 Å². The third-order valence-corrected chi connectivity index (χ3v) is 5.08. The first-order chi connectivity index (χ1) is 9.79. The van der Waals surface area contributed by atoms with E-state index >= 15 is 0 Å². The third-order valence-electron chi connectivity index (χ3n) is 3.57. The zero-order valence-electron chi connectivity index (χ0n) is 12.4. The molecule has 1 aromatic heterocycles. The average molecular weight is 326 g/mol. The van der Waals surface area contributed by atoms with Gasteiger partial charge in [-0.25, -0.2) is 9.19 Å². The van der Waals surface area contributed by atoms with Crippen LogP contribution < -0.4 is 5.14 Å². The van der Waals surface area contributed by atoms with E-state index in [2.05, 4.69) is 11.9 Å². The Balaban J connectivity index is 2.16. The van der Waals surface area contributed by atoms with Gasteiger partial charge in [0.15, 0.2) is 0 Å². The van der Waals surface area contributed by atoms with Crippen LogP contribution in [-0.2, 0) is 11.0 Å². The Morgan fingerprint density at radius 2 is 2.00 bits per heavy atom. The van der Waals surface area contributed by atoms with Crippen LogP contribution in [0.2, 0.25) is 5.02 Å². The molecule has 2 atom stereocenters. The summed E-state index contributed by atoms with van der Waals surface area (Å²) >= 11 is 5.89. The van der Waals surface area contributed by atoms with Crippen LogP contribution in [0, 0.1) is 0 Å². The molecule has 0 saturated heterocycles. The van der Waals surface area contributed by atoms with Gasteiger partial charge in [0.25, 0.3) is 0 Å². The normalized spacial score (nSPS) is 14.9. The molecule has 0 saturated carbocycles. The molecule has 0 fully saturated rings. The van der Waals surface area contributed by atoms with E-state index < -0.39 is 15.7 Å². The van der Waals surface area contributed by atoms with Gasteiger partial charge < -0.3 is 4.57 Å². The molecule has 21 heavy (non-hydrogen) atoms. The largest absolute Gasteiger partial charge is 0.306 e.